The Bertz CT molecular complexity index is 145. The van der Waals surface area contributed by atoms with Gasteiger partial charge in [-0.15, -0.1) is 0 Å². The number of aliphatic hydroxyl groups excluding tert-OH is 1. The third-order valence-electron chi connectivity index (χ3n) is 2.50. The van der Waals surface area contributed by atoms with Crippen molar-refractivity contribution in [2.45, 2.75) is 33.3 Å². The standard InChI is InChI=1S/C8H14O/c1-6-4-5-7(9)8(6,2)3/h4,7,9H,5H2,1-3H3. The van der Waals surface area contributed by atoms with Crippen LogP contribution in [0.4, 0.5) is 0 Å². The summed E-state index contributed by atoms with van der Waals surface area (Å²) < 4.78 is 0. The van der Waals surface area contributed by atoms with E-state index in [1.807, 2.05) is 0 Å². The summed E-state index contributed by atoms with van der Waals surface area (Å²) in [6.45, 7) is 6.24. The predicted octanol–water partition coefficient (Wildman–Crippen LogP) is 1.72. The fourth-order valence-corrected chi connectivity index (χ4v) is 1.11. The molecule has 0 aromatic carbocycles. The average molecular weight is 126 g/mol. The van der Waals surface area contributed by atoms with Crippen LogP contribution in [0.15, 0.2) is 11.6 Å². The van der Waals surface area contributed by atoms with E-state index in [-0.39, 0.29) is 11.5 Å². The zero-order chi connectivity index (χ0) is 7.07. The summed E-state index contributed by atoms with van der Waals surface area (Å²) in [7, 11) is 0. The van der Waals surface area contributed by atoms with Gasteiger partial charge >= 0.3 is 0 Å². The Labute approximate surface area is 56.4 Å². The predicted molar refractivity (Wildman–Crippen MR) is 38.2 cm³/mol. The highest BCUT2D eigenvalue weighted by molar-refractivity contribution is 5.18. The van der Waals surface area contributed by atoms with Crippen LogP contribution in [-0.4, -0.2) is 11.2 Å². The van der Waals surface area contributed by atoms with Crippen molar-refractivity contribution in [2.24, 2.45) is 5.41 Å². The van der Waals surface area contributed by atoms with Crippen LogP contribution in [-0.2, 0) is 0 Å². The van der Waals surface area contributed by atoms with Crippen LogP contribution in [0.3, 0.4) is 0 Å². The van der Waals surface area contributed by atoms with E-state index in [0.717, 1.165) is 6.42 Å². The van der Waals surface area contributed by atoms with Crippen LogP contribution in [0.1, 0.15) is 27.2 Å². The van der Waals surface area contributed by atoms with Crippen molar-refractivity contribution in [3.8, 4) is 0 Å². The van der Waals surface area contributed by atoms with E-state index < -0.39 is 0 Å². The lowest BCUT2D eigenvalue weighted by atomic mass is 9.84. The Morgan fingerprint density at radius 2 is 2.22 bits per heavy atom. The van der Waals surface area contributed by atoms with Crippen LogP contribution < -0.4 is 0 Å². The monoisotopic (exact) mass is 126 g/mol. The fraction of sp³-hybridized carbons (Fsp3) is 0.750. The third-order valence-corrected chi connectivity index (χ3v) is 2.50. The molecule has 0 saturated heterocycles. The lowest BCUT2D eigenvalue weighted by Gasteiger charge is -2.24. The van der Waals surface area contributed by atoms with Gasteiger partial charge in [-0.2, -0.15) is 0 Å². The van der Waals surface area contributed by atoms with E-state index in [1.54, 1.807) is 0 Å². The summed E-state index contributed by atoms with van der Waals surface area (Å²) in [6.07, 6.45) is 2.79. The van der Waals surface area contributed by atoms with Gasteiger partial charge < -0.3 is 5.11 Å². The van der Waals surface area contributed by atoms with E-state index in [1.165, 1.54) is 5.57 Å². The SMILES string of the molecule is CC1=CCC(O)C1(C)C. The van der Waals surface area contributed by atoms with Gasteiger partial charge in [-0.05, 0) is 13.3 Å². The molecular formula is C8H14O. The van der Waals surface area contributed by atoms with E-state index in [2.05, 4.69) is 26.8 Å². The summed E-state index contributed by atoms with van der Waals surface area (Å²) >= 11 is 0. The highest BCUT2D eigenvalue weighted by Crippen LogP contribution is 2.37. The van der Waals surface area contributed by atoms with Crippen molar-refractivity contribution in [1.82, 2.24) is 0 Å². The molecule has 9 heavy (non-hydrogen) atoms. The van der Waals surface area contributed by atoms with E-state index in [0.29, 0.717) is 0 Å². The van der Waals surface area contributed by atoms with Gasteiger partial charge in [-0.3, -0.25) is 0 Å². The maximum atomic E-state index is 9.38. The molecule has 1 N–H and O–H groups in total. The van der Waals surface area contributed by atoms with Crippen molar-refractivity contribution in [3.63, 3.8) is 0 Å². The summed E-state index contributed by atoms with van der Waals surface area (Å²) in [5.41, 5.74) is 1.34. The molecule has 0 aromatic rings. The molecule has 0 aliphatic heterocycles. The molecule has 0 fully saturated rings. The summed E-state index contributed by atoms with van der Waals surface area (Å²) in [6, 6.07) is 0. The molecule has 1 aliphatic carbocycles. The van der Waals surface area contributed by atoms with Gasteiger partial charge in [0.2, 0.25) is 0 Å². The summed E-state index contributed by atoms with van der Waals surface area (Å²) in [5, 5.41) is 9.38. The molecule has 1 nitrogen and oxygen atoms in total. The minimum absolute atomic E-state index is 0.0278. The minimum atomic E-state index is -0.155. The molecule has 1 heteroatoms. The number of hydrogen-bond donors (Lipinski definition) is 1. The molecule has 0 radical (unpaired) electrons. The van der Waals surface area contributed by atoms with Crippen LogP contribution >= 0.6 is 0 Å². The van der Waals surface area contributed by atoms with Crippen molar-refractivity contribution < 1.29 is 5.11 Å². The highest BCUT2D eigenvalue weighted by atomic mass is 16.3. The van der Waals surface area contributed by atoms with Crippen LogP contribution in [0, 0.1) is 5.41 Å². The molecular weight excluding hydrogens is 112 g/mol. The first-order valence-corrected chi connectivity index (χ1v) is 3.40. The first-order valence-electron chi connectivity index (χ1n) is 3.40. The first kappa shape index (κ1) is 6.81. The number of hydrogen-bond acceptors (Lipinski definition) is 1. The minimum Gasteiger partial charge on any atom is -0.392 e. The van der Waals surface area contributed by atoms with Gasteiger partial charge in [-0.1, -0.05) is 25.5 Å². The third kappa shape index (κ3) is 0.897. The Hall–Kier alpha value is -0.300. The Morgan fingerprint density at radius 1 is 1.67 bits per heavy atom. The van der Waals surface area contributed by atoms with E-state index in [9.17, 15) is 5.11 Å². The van der Waals surface area contributed by atoms with Gasteiger partial charge in [0.15, 0.2) is 0 Å². The molecule has 1 rings (SSSR count). The Morgan fingerprint density at radius 3 is 2.33 bits per heavy atom. The highest BCUT2D eigenvalue weighted by Gasteiger charge is 2.32. The fourth-order valence-electron chi connectivity index (χ4n) is 1.11. The summed E-state index contributed by atoms with van der Waals surface area (Å²) in [5.74, 6) is 0. The molecule has 52 valence electrons. The molecule has 0 spiro atoms. The second-order valence-corrected chi connectivity index (χ2v) is 3.36. The van der Waals surface area contributed by atoms with E-state index >= 15 is 0 Å². The van der Waals surface area contributed by atoms with Crippen molar-refractivity contribution in [3.05, 3.63) is 11.6 Å². The van der Waals surface area contributed by atoms with Crippen LogP contribution in [0.2, 0.25) is 0 Å². The molecule has 0 bridgehead atoms. The second kappa shape index (κ2) is 1.84. The topological polar surface area (TPSA) is 20.2 Å². The van der Waals surface area contributed by atoms with Gasteiger partial charge in [0, 0.05) is 5.41 Å². The molecule has 0 heterocycles. The van der Waals surface area contributed by atoms with Gasteiger partial charge in [0.1, 0.15) is 0 Å². The molecule has 1 atom stereocenters. The normalized spacial score (nSPS) is 32.4. The molecule has 0 saturated carbocycles. The largest absolute Gasteiger partial charge is 0.392 e. The van der Waals surface area contributed by atoms with Gasteiger partial charge in [0.25, 0.3) is 0 Å². The molecule has 1 unspecified atom stereocenters. The van der Waals surface area contributed by atoms with E-state index in [4.69, 9.17) is 0 Å². The van der Waals surface area contributed by atoms with Crippen LogP contribution in [0.25, 0.3) is 0 Å². The Kier molecular flexibility index (Phi) is 1.39. The lowest BCUT2D eigenvalue weighted by molar-refractivity contribution is 0.0911. The van der Waals surface area contributed by atoms with Gasteiger partial charge in [0.05, 0.1) is 6.10 Å². The maximum Gasteiger partial charge on any atom is 0.0662 e. The van der Waals surface area contributed by atoms with Crippen molar-refractivity contribution in [2.75, 3.05) is 0 Å². The Balaban J connectivity index is 2.81. The maximum absolute atomic E-state index is 9.38. The number of aliphatic hydroxyl groups is 1. The number of rotatable bonds is 0. The lowest BCUT2D eigenvalue weighted by Crippen LogP contribution is -2.24. The quantitative estimate of drug-likeness (QED) is 0.490. The molecule has 0 amide bonds. The second-order valence-electron chi connectivity index (χ2n) is 3.36. The smallest absolute Gasteiger partial charge is 0.0662 e. The average Bonchev–Trinajstić information content (AvgIpc) is 1.96. The van der Waals surface area contributed by atoms with Gasteiger partial charge in [-0.25, -0.2) is 0 Å². The first-order chi connectivity index (χ1) is 4.05. The molecule has 1 aliphatic rings. The zero-order valence-electron chi connectivity index (χ0n) is 6.31. The van der Waals surface area contributed by atoms with Crippen LogP contribution in [0.5, 0.6) is 0 Å². The van der Waals surface area contributed by atoms with Crippen molar-refractivity contribution >= 4 is 0 Å². The summed E-state index contributed by atoms with van der Waals surface area (Å²) in [4.78, 5) is 0. The zero-order valence-corrected chi connectivity index (χ0v) is 6.31. The van der Waals surface area contributed by atoms with Crippen molar-refractivity contribution in [1.29, 1.82) is 0 Å². The molecule has 0 aromatic heterocycles.